The van der Waals surface area contributed by atoms with Gasteiger partial charge in [-0.15, -0.1) is 0 Å². The molecule has 6 heteroatoms. The normalized spacial score (nSPS) is 20.1. The van der Waals surface area contributed by atoms with E-state index in [0.29, 0.717) is 13.1 Å². The molecule has 0 aliphatic carbocycles. The van der Waals surface area contributed by atoms with Crippen LogP contribution < -0.4 is 11.1 Å². The van der Waals surface area contributed by atoms with E-state index in [1.165, 1.54) is 5.56 Å². The molecular formula is C15H22N4O2. The third-order valence-electron chi connectivity index (χ3n) is 3.73. The fourth-order valence-corrected chi connectivity index (χ4v) is 2.67. The van der Waals surface area contributed by atoms with Crippen LogP contribution in [0.4, 0.5) is 0 Å². The molecule has 1 aromatic rings. The van der Waals surface area contributed by atoms with Gasteiger partial charge < -0.3 is 11.1 Å². The molecule has 114 valence electrons. The van der Waals surface area contributed by atoms with Crippen LogP contribution in [0, 0.1) is 0 Å². The van der Waals surface area contributed by atoms with Crippen molar-refractivity contribution in [2.24, 2.45) is 5.73 Å². The summed E-state index contributed by atoms with van der Waals surface area (Å²) < 4.78 is 0. The number of nitrogens with one attached hydrogen (secondary N) is 1. The Morgan fingerprint density at radius 1 is 1.29 bits per heavy atom. The summed E-state index contributed by atoms with van der Waals surface area (Å²) in [6.45, 7) is 3.00. The highest BCUT2D eigenvalue weighted by molar-refractivity contribution is 5.83. The minimum absolute atomic E-state index is 0.0750. The molecule has 0 spiro atoms. The lowest BCUT2D eigenvalue weighted by Crippen LogP contribution is -2.59. The van der Waals surface area contributed by atoms with Crippen molar-refractivity contribution in [3.63, 3.8) is 0 Å². The third kappa shape index (κ3) is 4.27. The summed E-state index contributed by atoms with van der Waals surface area (Å²) in [5.74, 6) is -0.477. The summed E-state index contributed by atoms with van der Waals surface area (Å²) in [7, 11) is 1.61. The van der Waals surface area contributed by atoms with Gasteiger partial charge in [0, 0.05) is 33.2 Å². The van der Waals surface area contributed by atoms with Crippen molar-refractivity contribution in [3.05, 3.63) is 35.9 Å². The Balaban J connectivity index is 2.02. The Hall–Kier alpha value is -1.92. The molecule has 1 aliphatic heterocycles. The quantitative estimate of drug-likeness (QED) is 0.759. The molecule has 1 atom stereocenters. The number of amides is 2. The zero-order valence-electron chi connectivity index (χ0n) is 12.3. The molecule has 21 heavy (non-hydrogen) atoms. The van der Waals surface area contributed by atoms with Crippen molar-refractivity contribution in [3.8, 4) is 0 Å². The zero-order chi connectivity index (χ0) is 15.2. The van der Waals surface area contributed by atoms with Crippen LogP contribution >= 0.6 is 0 Å². The number of benzene rings is 1. The second-order valence-corrected chi connectivity index (χ2v) is 5.29. The average molecular weight is 290 g/mol. The van der Waals surface area contributed by atoms with Gasteiger partial charge in [-0.3, -0.25) is 19.4 Å². The predicted molar refractivity (Wildman–Crippen MR) is 80.3 cm³/mol. The van der Waals surface area contributed by atoms with Crippen LogP contribution in [-0.4, -0.2) is 60.9 Å². The number of carbonyl (C=O) groups excluding carboxylic acids is 2. The SMILES string of the molecule is CNC(=O)C1CN(Cc2ccccc2)CCN1CC(N)=O. The third-order valence-corrected chi connectivity index (χ3v) is 3.73. The smallest absolute Gasteiger partial charge is 0.238 e. The van der Waals surface area contributed by atoms with Crippen LogP contribution in [0.2, 0.25) is 0 Å². The molecule has 3 N–H and O–H groups in total. The van der Waals surface area contributed by atoms with Gasteiger partial charge in [-0.1, -0.05) is 30.3 Å². The summed E-state index contributed by atoms with van der Waals surface area (Å²) in [5, 5.41) is 2.66. The molecule has 1 fully saturated rings. The Labute approximate surface area is 124 Å². The molecule has 1 heterocycles. The van der Waals surface area contributed by atoms with E-state index in [1.807, 2.05) is 23.1 Å². The highest BCUT2D eigenvalue weighted by Gasteiger charge is 2.32. The van der Waals surface area contributed by atoms with E-state index in [0.717, 1.165) is 13.1 Å². The van der Waals surface area contributed by atoms with Crippen molar-refractivity contribution < 1.29 is 9.59 Å². The number of hydrogen-bond acceptors (Lipinski definition) is 4. The monoisotopic (exact) mass is 290 g/mol. The first-order valence-corrected chi connectivity index (χ1v) is 7.10. The average Bonchev–Trinajstić information content (AvgIpc) is 2.48. The Bertz CT molecular complexity index is 492. The maximum atomic E-state index is 12.0. The van der Waals surface area contributed by atoms with E-state index >= 15 is 0 Å². The molecule has 0 saturated carbocycles. The summed E-state index contributed by atoms with van der Waals surface area (Å²) in [5.41, 5.74) is 6.48. The number of likely N-dealkylation sites (N-methyl/N-ethyl adjacent to an activating group) is 1. The zero-order valence-corrected chi connectivity index (χ0v) is 12.3. The van der Waals surface area contributed by atoms with Gasteiger partial charge in [-0.05, 0) is 5.56 Å². The van der Waals surface area contributed by atoms with Crippen molar-refractivity contribution in [2.75, 3.05) is 33.2 Å². The van der Waals surface area contributed by atoms with Crippen molar-refractivity contribution in [2.45, 2.75) is 12.6 Å². The molecular weight excluding hydrogens is 268 g/mol. The minimum atomic E-state index is -0.402. The van der Waals surface area contributed by atoms with Gasteiger partial charge in [0.2, 0.25) is 11.8 Å². The lowest BCUT2D eigenvalue weighted by molar-refractivity contribution is -0.130. The summed E-state index contributed by atoms with van der Waals surface area (Å²) >= 11 is 0. The second kappa shape index (κ2) is 7.19. The number of nitrogens with zero attached hydrogens (tertiary/aromatic N) is 2. The number of primary amides is 1. The molecule has 1 aromatic carbocycles. The van der Waals surface area contributed by atoms with Gasteiger partial charge in [0.05, 0.1) is 6.54 Å². The van der Waals surface area contributed by atoms with E-state index in [-0.39, 0.29) is 18.5 Å². The van der Waals surface area contributed by atoms with Crippen LogP contribution in [0.25, 0.3) is 0 Å². The van der Waals surface area contributed by atoms with Gasteiger partial charge in [0.15, 0.2) is 0 Å². The molecule has 1 saturated heterocycles. The van der Waals surface area contributed by atoms with E-state index in [4.69, 9.17) is 5.73 Å². The summed E-state index contributed by atoms with van der Waals surface area (Å²) in [6, 6.07) is 9.82. The number of carbonyl (C=O) groups is 2. The predicted octanol–water partition coefficient (Wildman–Crippen LogP) is -0.596. The van der Waals surface area contributed by atoms with Crippen molar-refractivity contribution in [1.82, 2.24) is 15.1 Å². The maximum Gasteiger partial charge on any atom is 0.238 e. The Morgan fingerprint density at radius 2 is 2.00 bits per heavy atom. The van der Waals surface area contributed by atoms with Gasteiger partial charge in [-0.2, -0.15) is 0 Å². The highest BCUT2D eigenvalue weighted by atomic mass is 16.2. The molecule has 2 rings (SSSR count). The van der Waals surface area contributed by atoms with Crippen LogP contribution in [0.5, 0.6) is 0 Å². The van der Waals surface area contributed by atoms with Gasteiger partial charge in [-0.25, -0.2) is 0 Å². The number of hydrogen-bond donors (Lipinski definition) is 2. The van der Waals surface area contributed by atoms with E-state index in [2.05, 4.69) is 22.3 Å². The molecule has 1 unspecified atom stereocenters. The summed E-state index contributed by atoms with van der Waals surface area (Å²) in [6.07, 6.45) is 0. The lowest BCUT2D eigenvalue weighted by atomic mass is 10.1. The van der Waals surface area contributed by atoms with Gasteiger partial charge >= 0.3 is 0 Å². The molecule has 1 aliphatic rings. The largest absolute Gasteiger partial charge is 0.369 e. The summed E-state index contributed by atoms with van der Waals surface area (Å²) in [4.78, 5) is 27.2. The first kappa shape index (κ1) is 15.5. The fraction of sp³-hybridized carbons (Fsp3) is 0.467. The lowest BCUT2D eigenvalue weighted by Gasteiger charge is -2.39. The van der Waals surface area contributed by atoms with Gasteiger partial charge in [0.25, 0.3) is 0 Å². The number of rotatable bonds is 5. The first-order valence-electron chi connectivity index (χ1n) is 7.10. The Kier molecular flexibility index (Phi) is 5.30. The topological polar surface area (TPSA) is 78.7 Å². The number of piperazine rings is 1. The van der Waals surface area contributed by atoms with Crippen LogP contribution in [0.15, 0.2) is 30.3 Å². The maximum absolute atomic E-state index is 12.0. The van der Waals surface area contributed by atoms with Crippen molar-refractivity contribution in [1.29, 1.82) is 0 Å². The number of nitrogens with two attached hydrogens (primary N) is 1. The van der Waals surface area contributed by atoms with E-state index in [9.17, 15) is 9.59 Å². The fourth-order valence-electron chi connectivity index (χ4n) is 2.67. The minimum Gasteiger partial charge on any atom is -0.369 e. The first-order chi connectivity index (χ1) is 10.1. The van der Waals surface area contributed by atoms with Crippen LogP contribution in [0.3, 0.4) is 0 Å². The van der Waals surface area contributed by atoms with E-state index < -0.39 is 5.91 Å². The molecule has 0 radical (unpaired) electrons. The molecule has 6 nitrogen and oxygen atoms in total. The van der Waals surface area contributed by atoms with Crippen molar-refractivity contribution >= 4 is 11.8 Å². The van der Waals surface area contributed by atoms with Gasteiger partial charge in [0.1, 0.15) is 6.04 Å². The van der Waals surface area contributed by atoms with E-state index in [1.54, 1.807) is 7.05 Å². The molecule has 0 bridgehead atoms. The second-order valence-electron chi connectivity index (χ2n) is 5.29. The molecule has 0 aromatic heterocycles. The standard InChI is InChI=1S/C15H22N4O2/c1-17-15(21)13-10-18(7-8-19(13)11-14(16)20)9-12-5-3-2-4-6-12/h2-6,13H,7-11H2,1H3,(H2,16,20)(H,17,21). The molecule has 2 amide bonds. The Morgan fingerprint density at radius 3 is 2.62 bits per heavy atom. The van der Waals surface area contributed by atoms with Crippen LogP contribution in [0.1, 0.15) is 5.56 Å². The highest BCUT2D eigenvalue weighted by Crippen LogP contribution is 2.13. The van der Waals surface area contributed by atoms with Crippen LogP contribution in [-0.2, 0) is 16.1 Å².